The first-order valence-electron chi connectivity index (χ1n) is 7.54. The summed E-state index contributed by atoms with van der Waals surface area (Å²) in [5.74, 6) is 0.337. The Bertz CT molecular complexity index is 357. The number of hydrogen-bond donors (Lipinski definition) is 0. The van der Waals surface area contributed by atoms with Gasteiger partial charge in [0.25, 0.3) is 0 Å². The molecule has 2 fully saturated rings. The fourth-order valence-corrected chi connectivity index (χ4v) is 2.90. The van der Waals surface area contributed by atoms with Crippen molar-refractivity contribution in [3.63, 3.8) is 0 Å². The molecule has 2 aliphatic rings. The maximum Gasteiger partial charge on any atom is 0.228 e. The van der Waals surface area contributed by atoms with E-state index in [4.69, 9.17) is 0 Å². The zero-order valence-electron chi connectivity index (χ0n) is 12.9. The Labute approximate surface area is 117 Å². The average molecular weight is 264 g/mol. The van der Waals surface area contributed by atoms with Gasteiger partial charge in [0.05, 0.1) is 0 Å². The SMILES string of the molecule is C=C(C)N1CCC(N(C(=O)C(C)(C)C)C2CC2)CC1. The molecule has 0 aromatic rings. The first-order chi connectivity index (χ1) is 8.80. The van der Waals surface area contributed by atoms with Crippen molar-refractivity contribution < 1.29 is 4.79 Å². The lowest BCUT2D eigenvalue weighted by atomic mass is 9.92. The molecule has 1 aliphatic carbocycles. The Morgan fingerprint density at radius 1 is 1.11 bits per heavy atom. The zero-order chi connectivity index (χ0) is 14.2. The quantitative estimate of drug-likeness (QED) is 0.782. The fraction of sp³-hybridized carbons (Fsp3) is 0.812. The van der Waals surface area contributed by atoms with Crippen molar-refractivity contribution in [2.75, 3.05) is 13.1 Å². The van der Waals surface area contributed by atoms with Gasteiger partial charge in [0, 0.05) is 36.3 Å². The summed E-state index contributed by atoms with van der Waals surface area (Å²) in [6.07, 6.45) is 4.57. The minimum Gasteiger partial charge on any atom is -0.375 e. The number of amides is 1. The van der Waals surface area contributed by atoms with E-state index in [9.17, 15) is 4.79 Å². The van der Waals surface area contributed by atoms with Crippen LogP contribution in [0.25, 0.3) is 0 Å². The summed E-state index contributed by atoms with van der Waals surface area (Å²) in [6, 6.07) is 0.961. The average Bonchev–Trinajstić information content (AvgIpc) is 3.13. The third-order valence-electron chi connectivity index (χ3n) is 4.21. The van der Waals surface area contributed by atoms with E-state index in [0.29, 0.717) is 18.0 Å². The smallest absolute Gasteiger partial charge is 0.228 e. The molecule has 0 N–H and O–H groups in total. The summed E-state index contributed by atoms with van der Waals surface area (Å²) >= 11 is 0. The van der Waals surface area contributed by atoms with Gasteiger partial charge in [0.2, 0.25) is 5.91 Å². The molecule has 0 bridgehead atoms. The highest BCUT2D eigenvalue weighted by atomic mass is 16.2. The Morgan fingerprint density at radius 2 is 1.58 bits per heavy atom. The van der Waals surface area contributed by atoms with Gasteiger partial charge in [-0.1, -0.05) is 27.4 Å². The molecule has 0 radical (unpaired) electrons. The van der Waals surface area contributed by atoms with Crippen LogP contribution in [0.5, 0.6) is 0 Å². The number of hydrogen-bond acceptors (Lipinski definition) is 2. The molecule has 1 heterocycles. The standard InChI is InChI=1S/C16H28N2O/c1-12(2)17-10-8-14(9-11-17)18(13-6-7-13)15(19)16(3,4)5/h13-14H,1,6-11H2,2-5H3. The van der Waals surface area contributed by atoms with Crippen LogP contribution in [-0.2, 0) is 4.79 Å². The molecule has 0 aromatic heterocycles. The number of allylic oxidation sites excluding steroid dienone is 1. The molecule has 1 saturated carbocycles. The van der Waals surface area contributed by atoms with E-state index in [1.807, 2.05) is 20.8 Å². The second-order valence-electron chi connectivity index (χ2n) is 7.15. The van der Waals surface area contributed by atoms with Crippen LogP contribution in [0.4, 0.5) is 0 Å². The summed E-state index contributed by atoms with van der Waals surface area (Å²) < 4.78 is 0. The summed E-state index contributed by atoms with van der Waals surface area (Å²) in [6.45, 7) is 14.3. The van der Waals surface area contributed by atoms with Crippen molar-refractivity contribution in [3.8, 4) is 0 Å². The van der Waals surface area contributed by atoms with Crippen molar-refractivity contribution in [1.82, 2.24) is 9.80 Å². The van der Waals surface area contributed by atoms with Gasteiger partial charge in [-0.2, -0.15) is 0 Å². The maximum atomic E-state index is 12.7. The second kappa shape index (κ2) is 5.18. The number of likely N-dealkylation sites (tertiary alicyclic amines) is 1. The largest absolute Gasteiger partial charge is 0.375 e. The van der Waals surface area contributed by atoms with Gasteiger partial charge in [0.15, 0.2) is 0 Å². The molecule has 0 spiro atoms. The predicted molar refractivity (Wildman–Crippen MR) is 78.7 cm³/mol. The van der Waals surface area contributed by atoms with Gasteiger partial charge >= 0.3 is 0 Å². The number of carbonyl (C=O) groups excluding carboxylic acids is 1. The summed E-state index contributed by atoms with van der Waals surface area (Å²) in [5, 5.41) is 0. The van der Waals surface area contributed by atoms with Gasteiger partial charge in [-0.15, -0.1) is 0 Å². The van der Waals surface area contributed by atoms with Crippen molar-refractivity contribution in [2.45, 2.75) is 65.5 Å². The molecule has 3 heteroatoms. The highest BCUT2D eigenvalue weighted by Crippen LogP contribution is 2.35. The minimum absolute atomic E-state index is 0.256. The van der Waals surface area contributed by atoms with Crippen LogP contribution in [0.15, 0.2) is 12.3 Å². The summed E-state index contributed by atoms with van der Waals surface area (Å²) in [5.41, 5.74) is 0.896. The third kappa shape index (κ3) is 3.31. The van der Waals surface area contributed by atoms with Crippen molar-refractivity contribution in [3.05, 3.63) is 12.3 Å². The molecule has 0 unspecified atom stereocenters. The molecule has 0 aromatic carbocycles. The highest BCUT2D eigenvalue weighted by molar-refractivity contribution is 5.82. The monoisotopic (exact) mass is 264 g/mol. The molecule has 1 amide bonds. The number of carbonyl (C=O) groups is 1. The van der Waals surface area contributed by atoms with Gasteiger partial charge in [0.1, 0.15) is 0 Å². The first-order valence-corrected chi connectivity index (χ1v) is 7.54. The third-order valence-corrected chi connectivity index (χ3v) is 4.21. The molecular weight excluding hydrogens is 236 g/mol. The molecule has 1 aliphatic heterocycles. The molecule has 0 atom stereocenters. The Hall–Kier alpha value is -0.990. The summed E-state index contributed by atoms with van der Waals surface area (Å²) in [7, 11) is 0. The van der Waals surface area contributed by atoms with Crippen molar-refractivity contribution in [2.24, 2.45) is 5.41 Å². The Kier molecular flexibility index (Phi) is 3.93. The van der Waals surface area contributed by atoms with E-state index >= 15 is 0 Å². The molecule has 108 valence electrons. The lowest BCUT2D eigenvalue weighted by Crippen LogP contribution is -2.51. The van der Waals surface area contributed by atoms with Gasteiger partial charge < -0.3 is 9.80 Å². The second-order valence-corrected chi connectivity index (χ2v) is 7.15. The topological polar surface area (TPSA) is 23.6 Å². The van der Waals surface area contributed by atoms with E-state index in [2.05, 4.69) is 23.3 Å². The highest BCUT2D eigenvalue weighted by Gasteiger charge is 2.41. The van der Waals surface area contributed by atoms with Crippen LogP contribution in [0.2, 0.25) is 0 Å². The number of piperidine rings is 1. The maximum absolute atomic E-state index is 12.7. The number of rotatable bonds is 3. The molecule has 19 heavy (non-hydrogen) atoms. The summed E-state index contributed by atoms with van der Waals surface area (Å²) in [4.78, 5) is 17.2. The Balaban J connectivity index is 2.02. The van der Waals surface area contributed by atoms with Crippen LogP contribution in [0.1, 0.15) is 53.4 Å². The fourth-order valence-electron chi connectivity index (χ4n) is 2.90. The van der Waals surface area contributed by atoms with Crippen molar-refractivity contribution >= 4 is 5.91 Å². The van der Waals surface area contributed by atoms with Crippen LogP contribution >= 0.6 is 0 Å². The van der Waals surface area contributed by atoms with Gasteiger partial charge in [-0.25, -0.2) is 0 Å². The molecule has 1 saturated heterocycles. The minimum atomic E-state index is -0.256. The van der Waals surface area contributed by atoms with E-state index in [0.717, 1.165) is 31.6 Å². The van der Waals surface area contributed by atoms with Crippen LogP contribution in [-0.4, -0.2) is 40.9 Å². The predicted octanol–water partition coefficient (Wildman–Crippen LogP) is 3.02. The molecular formula is C16H28N2O. The normalized spacial score (nSPS) is 21.4. The molecule has 2 rings (SSSR count). The van der Waals surface area contributed by atoms with E-state index in [1.165, 1.54) is 12.8 Å². The van der Waals surface area contributed by atoms with E-state index in [-0.39, 0.29) is 5.41 Å². The lowest BCUT2D eigenvalue weighted by Gasteiger charge is -2.42. The van der Waals surface area contributed by atoms with Crippen LogP contribution < -0.4 is 0 Å². The lowest BCUT2D eigenvalue weighted by molar-refractivity contribution is -0.143. The van der Waals surface area contributed by atoms with Crippen LogP contribution in [0, 0.1) is 5.41 Å². The zero-order valence-corrected chi connectivity index (χ0v) is 12.9. The molecule has 3 nitrogen and oxygen atoms in total. The van der Waals surface area contributed by atoms with Gasteiger partial charge in [-0.05, 0) is 32.6 Å². The Morgan fingerprint density at radius 3 is 1.95 bits per heavy atom. The van der Waals surface area contributed by atoms with E-state index < -0.39 is 0 Å². The van der Waals surface area contributed by atoms with Crippen molar-refractivity contribution in [1.29, 1.82) is 0 Å². The first kappa shape index (κ1) is 14.4. The number of nitrogens with zero attached hydrogens (tertiary/aromatic N) is 2. The van der Waals surface area contributed by atoms with Gasteiger partial charge in [-0.3, -0.25) is 4.79 Å². The van der Waals surface area contributed by atoms with Crippen LogP contribution in [0.3, 0.4) is 0 Å². The van der Waals surface area contributed by atoms with E-state index in [1.54, 1.807) is 0 Å².